The van der Waals surface area contributed by atoms with Gasteiger partial charge in [-0.2, -0.15) is 10.2 Å². The number of allylic oxidation sites excluding steroid dienone is 2. The van der Waals surface area contributed by atoms with Crippen molar-refractivity contribution in [3.63, 3.8) is 0 Å². The highest BCUT2D eigenvalue weighted by atomic mass is 15.3. The van der Waals surface area contributed by atoms with Crippen molar-refractivity contribution < 1.29 is 0 Å². The summed E-state index contributed by atoms with van der Waals surface area (Å²) in [7, 11) is 0. The Morgan fingerprint density at radius 2 is 1.18 bits per heavy atom. The predicted molar refractivity (Wildman–Crippen MR) is 77.6 cm³/mol. The van der Waals surface area contributed by atoms with Gasteiger partial charge in [0.05, 0.1) is 12.1 Å². The zero-order valence-electron chi connectivity index (χ0n) is 12.4. The molecule has 8 fully saturated rings. The molecule has 0 aromatic carbocycles. The third kappa shape index (κ3) is 0.380. The van der Waals surface area contributed by atoms with Crippen LogP contribution in [0.2, 0.25) is 0 Å². The lowest BCUT2D eigenvalue weighted by Gasteiger charge is -2.86. The molecule has 0 N–H and O–H groups in total. The molecule has 108 valence electrons. The minimum atomic E-state index is 0.544. The maximum absolute atomic E-state index is 5.04. The minimum absolute atomic E-state index is 0.544. The molecular weight excluding hydrogens is 268 g/mol. The Morgan fingerprint density at radius 3 is 1.73 bits per heavy atom. The highest BCUT2D eigenvalue weighted by Crippen LogP contribution is 3.12. The molecule has 2 heterocycles. The van der Waals surface area contributed by atoms with Crippen molar-refractivity contribution in [1.82, 2.24) is 0 Å². The van der Waals surface area contributed by atoms with E-state index < -0.39 is 0 Å². The van der Waals surface area contributed by atoms with Crippen LogP contribution in [0.1, 0.15) is 12.8 Å². The Balaban J connectivity index is 1.59. The van der Waals surface area contributed by atoms with Gasteiger partial charge in [-0.1, -0.05) is 24.3 Å². The van der Waals surface area contributed by atoms with E-state index in [4.69, 9.17) is 10.2 Å². The van der Waals surface area contributed by atoms with Gasteiger partial charge in [0.2, 0.25) is 0 Å². The number of azo groups is 1. The Morgan fingerprint density at radius 1 is 0.682 bits per heavy atom. The Bertz CT molecular complexity index is 803. The fourth-order valence-corrected chi connectivity index (χ4v) is 13.2. The fraction of sp³-hybridized carbons (Fsp3) is 0.800. The number of rotatable bonds is 0. The van der Waals surface area contributed by atoms with E-state index in [-0.39, 0.29) is 0 Å². The third-order valence-electron chi connectivity index (χ3n) is 12.0. The first-order chi connectivity index (χ1) is 10.9. The van der Waals surface area contributed by atoms with Crippen molar-refractivity contribution in [2.75, 3.05) is 0 Å². The van der Waals surface area contributed by atoms with E-state index in [1.54, 1.807) is 12.8 Å². The monoisotopic (exact) mass is 286 g/mol. The van der Waals surface area contributed by atoms with Crippen molar-refractivity contribution >= 4 is 0 Å². The predicted octanol–water partition coefficient (Wildman–Crippen LogP) is 3.08. The molecule has 2 aliphatic heterocycles. The largest absolute Gasteiger partial charge is 0.189 e. The van der Waals surface area contributed by atoms with Gasteiger partial charge in [-0.15, -0.1) is 0 Å². The summed E-state index contributed by atoms with van der Waals surface area (Å²) >= 11 is 0. The zero-order valence-corrected chi connectivity index (χ0v) is 12.4. The summed E-state index contributed by atoms with van der Waals surface area (Å²) in [5.41, 5.74) is 2.27. The SMILES string of the molecule is C1=C[C@@]23[C@@H]4C[C@H]5C6C4[C@@H]4C[C@H]6[C@@]67[C@@H]8N=N[C@@H]([C@H]1[C@@H]8C=C[C@@]426)[C@@]537. The first kappa shape index (κ1) is 9.39. The van der Waals surface area contributed by atoms with Crippen molar-refractivity contribution in [3.05, 3.63) is 24.3 Å². The molecular formula is C20H18N2. The van der Waals surface area contributed by atoms with Crippen LogP contribution in [-0.2, 0) is 0 Å². The van der Waals surface area contributed by atoms with E-state index in [1.165, 1.54) is 0 Å². The lowest BCUT2D eigenvalue weighted by Crippen LogP contribution is -2.88. The molecule has 14 atom stereocenters. The molecule has 0 aromatic heterocycles. The van der Waals surface area contributed by atoms with E-state index in [0.29, 0.717) is 45.6 Å². The molecule has 10 bridgehead atoms. The topological polar surface area (TPSA) is 24.7 Å². The highest BCUT2D eigenvalue weighted by Gasteiger charge is 3.11. The van der Waals surface area contributed by atoms with Gasteiger partial charge in [-0.25, -0.2) is 0 Å². The number of nitrogens with zero attached hydrogens (tertiary/aromatic N) is 2. The van der Waals surface area contributed by atoms with Crippen molar-refractivity contribution in [2.24, 2.45) is 79.2 Å². The van der Waals surface area contributed by atoms with Crippen LogP contribution < -0.4 is 0 Å². The van der Waals surface area contributed by atoms with Crippen LogP contribution in [0, 0.1) is 69.0 Å². The molecule has 12 rings (SSSR count). The first-order valence-corrected chi connectivity index (χ1v) is 9.66. The summed E-state index contributed by atoms with van der Waals surface area (Å²) in [5, 5.41) is 10.1. The number of hydrogen-bond donors (Lipinski definition) is 0. The van der Waals surface area contributed by atoms with Crippen LogP contribution in [0.3, 0.4) is 0 Å². The molecule has 0 saturated heterocycles. The molecule has 22 heavy (non-hydrogen) atoms. The summed E-state index contributed by atoms with van der Waals surface area (Å²) < 4.78 is 0. The van der Waals surface area contributed by atoms with E-state index in [2.05, 4.69) is 24.3 Å². The maximum Gasteiger partial charge on any atom is 0.0851 e. The molecule has 2 nitrogen and oxygen atoms in total. The van der Waals surface area contributed by atoms with Crippen LogP contribution in [0.15, 0.2) is 34.5 Å². The van der Waals surface area contributed by atoms with Gasteiger partial charge in [0.15, 0.2) is 0 Å². The fourth-order valence-electron chi connectivity index (χ4n) is 13.2. The Kier molecular flexibility index (Phi) is 0.837. The van der Waals surface area contributed by atoms with Gasteiger partial charge in [-0.3, -0.25) is 0 Å². The van der Waals surface area contributed by atoms with Crippen LogP contribution in [-0.4, -0.2) is 12.1 Å². The van der Waals surface area contributed by atoms with Crippen molar-refractivity contribution in [2.45, 2.75) is 24.9 Å². The normalized spacial score (nSPS) is 90.5. The van der Waals surface area contributed by atoms with E-state index in [0.717, 1.165) is 35.5 Å². The van der Waals surface area contributed by atoms with E-state index in [1.807, 2.05) is 0 Å². The quantitative estimate of drug-likeness (QED) is 0.611. The molecule has 0 aromatic rings. The van der Waals surface area contributed by atoms with Gasteiger partial charge in [0.1, 0.15) is 0 Å². The molecule has 4 spiro atoms. The molecule has 2 heteroatoms. The van der Waals surface area contributed by atoms with Crippen LogP contribution in [0.5, 0.6) is 0 Å². The molecule has 12 aliphatic rings. The van der Waals surface area contributed by atoms with Crippen molar-refractivity contribution in [1.29, 1.82) is 0 Å². The summed E-state index contributed by atoms with van der Waals surface area (Å²) in [6.45, 7) is 0. The van der Waals surface area contributed by atoms with Gasteiger partial charge >= 0.3 is 0 Å². The third-order valence-corrected chi connectivity index (χ3v) is 12.0. The summed E-state index contributed by atoms with van der Waals surface area (Å²) in [6.07, 6.45) is 14.1. The lowest BCUT2D eigenvalue weighted by atomic mass is 9.17. The average molecular weight is 286 g/mol. The highest BCUT2D eigenvalue weighted by molar-refractivity contribution is 5.65. The van der Waals surface area contributed by atoms with Gasteiger partial charge in [0, 0.05) is 33.5 Å². The average Bonchev–Trinajstić information content (AvgIpc) is 3.20. The molecule has 0 amide bonds. The maximum atomic E-state index is 5.04. The lowest BCUT2D eigenvalue weighted by molar-refractivity contribution is -0.344. The second-order valence-electron chi connectivity index (χ2n) is 10.5. The van der Waals surface area contributed by atoms with Crippen LogP contribution in [0.25, 0.3) is 0 Å². The van der Waals surface area contributed by atoms with Crippen molar-refractivity contribution in [3.8, 4) is 0 Å². The molecule has 8 saturated carbocycles. The second kappa shape index (κ2) is 1.96. The first-order valence-electron chi connectivity index (χ1n) is 9.66. The second-order valence-corrected chi connectivity index (χ2v) is 10.5. The summed E-state index contributed by atoms with van der Waals surface area (Å²) in [5.74, 6) is 7.74. The smallest absolute Gasteiger partial charge is 0.0851 e. The standard InChI is InChI=1S/C20H18N2/c1-3-17-9-5-11-14-12-6-10(13(9)14)18(17)4-2-8-7(1)15-19(11,17)20(12,18)16(8)22-21-15/h1-4,7-16H,5-6H2/t7-,8+,9-,10+,11+,12-,13?,14?,15+,16-,17-,18-,19+,20-/m1/s1. The Hall–Kier alpha value is -0.920. The Labute approximate surface area is 129 Å². The van der Waals surface area contributed by atoms with Gasteiger partial charge in [-0.05, 0) is 48.3 Å². The van der Waals surface area contributed by atoms with Crippen LogP contribution in [0.4, 0.5) is 0 Å². The van der Waals surface area contributed by atoms with Gasteiger partial charge < -0.3 is 0 Å². The molecule has 0 radical (unpaired) electrons. The minimum Gasteiger partial charge on any atom is -0.189 e. The summed E-state index contributed by atoms with van der Waals surface area (Å²) in [6, 6.07) is 1.15. The summed E-state index contributed by atoms with van der Waals surface area (Å²) in [4.78, 5) is 0. The number of hydrogen-bond acceptors (Lipinski definition) is 2. The van der Waals surface area contributed by atoms with E-state index >= 15 is 0 Å². The van der Waals surface area contributed by atoms with E-state index in [9.17, 15) is 0 Å². The molecule has 2 unspecified atom stereocenters. The molecule has 10 aliphatic carbocycles. The van der Waals surface area contributed by atoms with Crippen LogP contribution >= 0.6 is 0 Å². The van der Waals surface area contributed by atoms with Gasteiger partial charge in [0.25, 0.3) is 0 Å². The zero-order chi connectivity index (χ0) is 13.4.